The van der Waals surface area contributed by atoms with Crippen LogP contribution in [0, 0.1) is 11.3 Å². The number of rotatable bonds is 2. The molecule has 0 bridgehead atoms. The lowest BCUT2D eigenvalue weighted by molar-refractivity contribution is 0.762. The van der Waals surface area contributed by atoms with Crippen LogP contribution in [0.2, 0.25) is 0 Å². The third-order valence-corrected chi connectivity index (χ3v) is 2.49. The Kier molecular flexibility index (Phi) is 2.93. The number of nitrogen functional groups attached to an aromatic ring is 1. The first-order chi connectivity index (χ1) is 8.20. The molecule has 0 fully saturated rings. The van der Waals surface area contributed by atoms with E-state index in [-0.39, 0.29) is 11.2 Å². The van der Waals surface area contributed by atoms with Crippen LogP contribution < -0.4 is 11.3 Å². The molecule has 2 N–H and O–H groups in total. The van der Waals surface area contributed by atoms with Gasteiger partial charge in [-0.25, -0.2) is 0 Å². The number of anilines is 1. The van der Waals surface area contributed by atoms with Crippen molar-refractivity contribution >= 4 is 5.69 Å². The first-order valence-corrected chi connectivity index (χ1v) is 5.14. The van der Waals surface area contributed by atoms with Crippen LogP contribution in [0.5, 0.6) is 0 Å². The standard InChI is InChI=1S/C13H11N3O/c14-8-10-3-5-11(6-4-10)9-16-7-1-2-12(15)13(16)17/h1-7H,9,15H2. The monoisotopic (exact) mass is 225 g/mol. The largest absolute Gasteiger partial charge is 0.394 e. The molecule has 0 unspecified atom stereocenters. The number of nitrogens with zero attached hydrogens (tertiary/aromatic N) is 2. The van der Waals surface area contributed by atoms with Crippen LogP contribution in [-0.2, 0) is 6.54 Å². The average molecular weight is 225 g/mol. The summed E-state index contributed by atoms with van der Waals surface area (Å²) in [6.45, 7) is 0.454. The summed E-state index contributed by atoms with van der Waals surface area (Å²) >= 11 is 0. The van der Waals surface area contributed by atoms with E-state index in [9.17, 15) is 4.79 Å². The summed E-state index contributed by atoms with van der Waals surface area (Å²) < 4.78 is 1.54. The van der Waals surface area contributed by atoms with E-state index < -0.39 is 0 Å². The van der Waals surface area contributed by atoms with Gasteiger partial charge in [-0.3, -0.25) is 4.79 Å². The van der Waals surface area contributed by atoms with E-state index >= 15 is 0 Å². The summed E-state index contributed by atoms with van der Waals surface area (Å²) in [6.07, 6.45) is 1.69. The van der Waals surface area contributed by atoms with Gasteiger partial charge in [-0.1, -0.05) is 12.1 Å². The summed E-state index contributed by atoms with van der Waals surface area (Å²) in [6, 6.07) is 12.5. The van der Waals surface area contributed by atoms with Crippen molar-refractivity contribution < 1.29 is 0 Å². The highest BCUT2D eigenvalue weighted by Crippen LogP contribution is 2.05. The lowest BCUT2D eigenvalue weighted by Gasteiger charge is -2.06. The van der Waals surface area contributed by atoms with Gasteiger partial charge in [0.05, 0.1) is 23.9 Å². The summed E-state index contributed by atoms with van der Waals surface area (Å²) in [7, 11) is 0. The van der Waals surface area contributed by atoms with Crippen LogP contribution in [0.3, 0.4) is 0 Å². The Morgan fingerprint density at radius 3 is 2.59 bits per heavy atom. The van der Waals surface area contributed by atoms with E-state index in [2.05, 4.69) is 0 Å². The van der Waals surface area contributed by atoms with Crippen molar-refractivity contribution in [2.75, 3.05) is 5.73 Å². The third-order valence-electron chi connectivity index (χ3n) is 2.49. The van der Waals surface area contributed by atoms with Crippen LogP contribution in [0.4, 0.5) is 5.69 Å². The summed E-state index contributed by atoms with van der Waals surface area (Å²) in [4.78, 5) is 11.7. The van der Waals surface area contributed by atoms with E-state index in [0.29, 0.717) is 12.1 Å². The fourth-order valence-electron chi connectivity index (χ4n) is 1.56. The number of pyridine rings is 1. The van der Waals surface area contributed by atoms with Gasteiger partial charge >= 0.3 is 0 Å². The Hall–Kier alpha value is -2.54. The minimum absolute atomic E-state index is 0.197. The van der Waals surface area contributed by atoms with Crippen molar-refractivity contribution in [1.82, 2.24) is 4.57 Å². The van der Waals surface area contributed by atoms with Gasteiger partial charge in [0.2, 0.25) is 0 Å². The van der Waals surface area contributed by atoms with Crippen molar-refractivity contribution in [3.8, 4) is 6.07 Å². The molecular formula is C13H11N3O. The van der Waals surface area contributed by atoms with Gasteiger partial charge in [-0.15, -0.1) is 0 Å². The van der Waals surface area contributed by atoms with E-state index in [4.69, 9.17) is 11.0 Å². The van der Waals surface area contributed by atoms with Gasteiger partial charge in [0.1, 0.15) is 0 Å². The van der Waals surface area contributed by atoms with Crippen LogP contribution >= 0.6 is 0 Å². The molecule has 0 saturated heterocycles. The van der Waals surface area contributed by atoms with Gasteiger partial charge in [-0.05, 0) is 29.8 Å². The quantitative estimate of drug-likeness (QED) is 0.838. The molecule has 2 aromatic rings. The molecule has 0 amide bonds. The van der Waals surface area contributed by atoms with Crippen molar-refractivity contribution in [3.05, 3.63) is 64.1 Å². The molecule has 0 radical (unpaired) electrons. The lowest BCUT2D eigenvalue weighted by Crippen LogP contribution is -2.22. The smallest absolute Gasteiger partial charge is 0.273 e. The second-order valence-electron chi connectivity index (χ2n) is 3.71. The van der Waals surface area contributed by atoms with Crippen molar-refractivity contribution in [2.24, 2.45) is 0 Å². The van der Waals surface area contributed by atoms with Crippen LogP contribution in [0.15, 0.2) is 47.4 Å². The molecule has 0 aliphatic rings. The van der Waals surface area contributed by atoms with E-state index in [1.807, 2.05) is 18.2 Å². The first kappa shape index (κ1) is 11.0. The molecule has 0 saturated carbocycles. The average Bonchev–Trinajstić information content (AvgIpc) is 2.36. The predicted molar refractivity (Wildman–Crippen MR) is 65.4 cm³/mol. The van der Waals surface area contributed by atoms with E-state index in [1.54, 1.807) is 30.5 Å². The first-order valence-electron chi connectivity index (χ1n) is 5.14. The highest BCUT2D eigenvalue weighted by Gasteiger charge is 2.00. The van der Waals surface area contributed by atoms with Gasteiger partial charge < -0.3 is 10.3 Å². The topological polar surface area (TPSA) is 71.8 Å². The highest BCUT2D eigenvalue weighted by molar-refractivity contribution is 5.35. The molecular weight excluding hydrogens is 214 g/mol. The molecule has 1 heterocycles. The SMILES string of the molecule is N#Cc1ccc(Cn2cccc(N)c2=O)cc1. The zero-order valence-corrected chi connectivity index (χ0v) is 9.13. The molecule has 4 nitrogen and oxygen atoms in total. The second kappa shape index (κ2) is 4.54. The van der Waals surface area contributed by atoms with Gasteiger partial charge in [0.25, 0.3) is 5.56 Å². The molecule has 0 atom stereocenters. The number of benzene rings is 1. The Labute approximate surface area is 98.5 Å². The molecule has 0 aliphatic heterocycles. The van der Waals surface area contributed by atoms with Gasteiger partial charge in [-0.2, -0.15) is 5.26 Å². The normalized spacial score (nSPS) is 9.82. The summed E-state index contributed by atoms with van der Waals surface area (Å²) in [5, 5.41) is 8.68. The van der Waals surface area contributed by atoms with Gasteiger partial charge in [0.15, 0.2) is 0 Å². The zero-order chi connectivity index (χ0) is 12.3. The molecule has 0 aliphatic carbocycles. The molecule has 0 spiro atoms. The number of hydrogen-bond acceptors (Lipinski definition) is 3. The Bertz CT molecular complexity index is 620. The molecule has 4 heteroatoms. The maximum Gasteiger partial charge on any atom is 0.273 e. The molecule has 84 valence electrons. The fourth-order valence-corrected chi connectivity index (χ4v) is 1.56. The maximum absolute atomic E-state index is 11.7. The Morgan fingerprint density at radius 1 is 1.24 bits per heavy atom. The van der Waals surface area contributed by atoms with Crippen LogP contribution in [0.1, 0.15) is 11.1 Å². The molecule has 2 rings (SSSR count). The second-order valence-corrected chi connectivity index (χ2v) is 3.71. The lowest BCUT2D eigenvalue weighted by atomic mass is 10.1. The number of nitriles is 1. The van der Waals surface area contributed by atoms with Crippen LogP contribution in [-0.4, -0.2) is 4.57 Å². The zero-order valence-electron chi connectivity index (χ0n) is 9.13. The van der Waals surface area contributed by atoms with Crippen molar-refractivity contribution in [2.45, 2.75) is 6.54 Å². The predicted octanol–water partition coefficient (Wildman–Crippen LogP) is 1.35. The molecule has 1 aromatic carbocycles. The number of hydrogen-bond donors (Lipinski definition) is 1. The minimum atomic E-state index is -0.197. The molecule has 1 aromatic heterocycles. The summed E-state index contributed by atoms with van der Waals surface area (Å²) in [5.74, 6) is 0. The number of aromatic nitrogens is 1. The fraction of sp³-hybridized carbons (Fsp3) is 0.0769. The van der Waals surface area contributed by atoms with Crippen LogP contribution in [0.25, 0.3) is 0 Å². The summed E-state index contributed by atoms with van der Waals surface area (Å²) in [5.41, 5.74) is 7.14. The van der Waals surface area contributed by atoms with Crippen molar-refractivity contribution in [3.63, 3.8) is 0 Å². The molecule has 17 heavy (non-hydrogen) atoms. The Morgan fingerprint density at radius 2 is 1.94 bits per heavy atom. The maximum atomic E-state index is 11.7. The van der Waals surface area contributed by atoms with Gasteiger partial charge in [0, 0.05) is 6.20 Å². The number of nitrogens with two attached hydrogens (primary N) is 1. The van der Waals surface area contributed by atoms with E-state index in [0.717, 1.165) is 5.56 Å². The Balaban J connectivity index is 2.29. The highest BCUT2D eigenvalue weighted by atomic mass is 16.1. The third kappa shape index (κ3) is 2.34. The van der Waals surface area contributed by atoms with E-state index in [1.165, 1.54) is 4.57 Å². The van der Waals surface area contributed by atoms with Crippen molar-refractivity contribution in [1.29, 1.82) is 5.26 Å². The minimum Gasteiger partial charge on any atom is -0.394 e.